The lowest BCUT2D eigenvalue weighted by atomic mass is 9.85. The summed E-state index contributed by atoms with van der Waals surface area (Å²) in [4.78, 5) is 24.2. The summed E-state index contributed by atoms with van der Waals surface area (Å²) in [5.74, 6) is -0.221. The second kappa shape index (κ2) is 11.2. The first kappa shape index (κ1) is 25.5. The summed E-state index contributed by atoms with van der Waals surface area (Å²) in [6.07, 6.45) is 1.38. The number of nitrogens with zero attached hydrogens (tertiary/aromatic N) is 1. The van der Waals surface area contributed by atoms with E-state index < -0.39 is 11.9 Å². The molecule has 7 nitrogen and oxygen atoms in total. The summed E-state index contributed by atoms with van der Waals surface area (Å²) in [5.41, 5.74) is 2.32. The molecule has 0 atom stereocenters. The Balaban J connectivity index is 2.15. The highest BCUT2D eigenvalue weighted by atomic mass is 16.6. The third-order valence-electron chi connectivity index (χ3n) is 4.63. The predicted octanol–water partition coefficient (Wildman–Crippen LogP) is 4.76. The molecule has 0 saturated heterocycles. The van der Waals surface area contributed by atoms with Crippen LogP contribution in [0.2, 0.25) is 0 Å². The molecule has 33 heavy (non-hydrogen) atoms. The van der Waals surface area contributed by atoms with Crippen LogP contribution in [0.25, 0.3) is 6.08 Å². The van der Waals surface area contributed by atoms with Crippen LogP contribution >= 0.6 is 0 Å². The zero-order valence-corrected chi connectivity index (χ0v) is 19.9. The molecule has 0 N–H and O–H groups in total. The standard InChI is InChI=1S/C26H29NO6/c1-7-31-25(29)19(15-27)13-18-9-11-22(23(14-18)30-6)33-24(28)16-32-21-10-8-17(2)12-20(21)26(3,4)5/h8-14H,7,16H2,1-6H3/b19-13+. The highest BCUT2D eigenvalue weighted by Crippen LogP contribution is 2.33. The topological polar surface area (TPSA) is 94.9 Å². The van der Waals surface area contributed by atoms with Crippen LogP contribution in [0.1, 0.15) is 44.4 Å². The molecule has 174 valence electrons. The molecule has 0 bridgehead atoms. The first-order chi connectivity index (χ1) is 15.6. The summed E-state index contributed by atoms with van der Waals surface area (Å²) < 4.78 is 21.3. The molecule has 0 aliphatic rings. The van der Waals surface area contributed by atoms with Gasteiger partial charge in [0.2, 0.25) is 0 Å². The van der Waals surface area contributed by atoms with Gasteiger partial charge in [0.15, 0.2) is 18.1 Å². The summed E-state index contributed by atoms with van der Waals surface area (Å²) in [7, 11) is 1.43. The molecule has 2 rings (SSSR count). The van der Waals surface area contributed by atoms with Crippen LogP contribution in [0.3, 0.4) is 0 Å². The quantitative estimate of drug-likeness (QED) is 0.247. The number of hydrogen-bond acceptors (Lipinski definition) is 7. The molecule has 7 heteroatoms. The van der Waals surface area contributed by atoms with Crippen LogP contribution in [0.4, 0.5) is 0 Å². The van der Waals surface area contributed by atoms with Gasteiger partial charge in [-0.3, -0.25) is 0 Å². The van der Waals surface area contributed by atoms with Crippen molar-refractivity contribution in [3.63, 3.8) is 0 Å². The lowest BCUT2D eigenvalue weighted by Crippen LogP contribution is -2.20. The highest BCUT2D eigenvalue weighted by Gasteiger charge is 2.20. The largest absolute Gasteiger partial charge is 0.493 e. The van der Waals surface area contributed by atoms with Crippen LogP contribution in [-0.2, 0) is 19.7 Å². The fourth-order valence-electron chi connectivity index (χ4n) is 3.02. The number of nitriles is 1. The lowest BCUT2D eigenvalue weighted by Gasteiger charge is -2.23. The number of carbonyl (C=O) groups excluding carboxylic acids is 2. The Labute approximate surface area is 194 Å². The maximum Gasteiger partial charge on any atom is 0.349 e. The van der Waals surface area contributed by atoms with Crippen molar-refractivity contribution < 1.29 is 28.5 Å². The molecule has 0 aromatic heterocycles. The predicted molar refractivity (Wildman–Crippen MR) is 124 cm³/mol. The molecule has 0 heterocycles. The Bertz CT molecular complexity index is 1090. The molecule has 0 unspecified atom stereocenters. The van der Waals surface area contributed by atoms with Gasteiger partial charge in [-0.25, -0.2) is 9.59 Å². The number of benzene rings is 2. The SMILES string of the molecule is CCOC(=O)/C(C#N)=C/c1ccc(OC(=O)COc2ccc(C)cc2C(C)(C)C)c(OC)c1. The number of ether oxygens (including phenoxy) is 4. The summed E-state index contributed by atoms with van der Waals surface area (Å²) >= 11 is 0. The first-order valence-electron chi connectivity index (χ1n) is 10.5. The monoisotopic (exact) mass is 451 g/mol. The Hall–Kier alpha value is -3.79. The van der Waals surface area contributed by atoms with E-state index in [-0.39, 0.29) is 35.7 Å². The third kappa shape index (κ3) is 7.11. The number of rotatable bonds is 8. The van der Waals surface area contributed by atoms with Crippen molar-refractivity contribution in [2.45, 2.75) is 40.0 Å². The summed E-state index contributed by atoms with van der Waals surface area (Å²) in [5, 5.41) is 9.19. The van der Waals surface area contributed by atoms with Crippen LogP contribution in [0.5, 0.6) is 17.2 Å². The number of aryl methyl sites for hydroxylation is 1. The van der Waals surface area contributed by atoms with Crippen molar-refractivity contribution in [2.24, 2.45) is 0 Å². The Morgan fingerprint density at radius 1 is 1.06 bits per heavy atom. The minimum Gasteiger partial charge on any atom is -0.493 e. The van der Waals surface area contributed by atoms with E-state index in [0.29, 0.717) is 11.3 Å². The molecule has 2 aromatic carbocycles. The molecule has 0 aliphatic carbocycles. The van der Waals surface area contributed by atoms with Gasteiger partial charge in [-0.1, -0.05) is 44.5 Å². The van der Waals surface area contributed by atoms with Gasteiger partial charge >= 0.3 is 11.9 Å². The van der Waals surface area contributed by atoms with Crippen molar-refractivity contribution in [3.05, 3.63) is 58.7 Å². The van der Waals surface area contributed by atoms with Crippen LogP contribution in [0.15, 0.2) is 42.0 Å². The molecule has 0 fully saturated rings. The van der Waals surface area contributed by atoms with E-state index >= 15 is 0 Å². The highest BCUT2D eigenvalue weighted by molar-refractivity contribution is 5.98. The first-order valence-corrected chi connectivity index (χ1v) is 10.5. The fourth-order valence-corrected chi connectivity index (χ4v) is 3.02. The van der Waals surface area contributed by atoms with E-state index in [0.717, 1.165) is 11.1 Å². The van der Waals surface area contributed by atoms with Gasteiger partial charge in [0.1, 0.15) is 17.4 Å². The molecule has 0 spiro atoms. The van der Waals surface area contributed by atoms with Crippen molar-refractivity contribution in [1.29, 1.82) is 5.26 Å². The van der Waals surface area contributed by atoms with E-state index in [9.17, 15) is 14.9 Å². The maximum absolute atomic E-state index is 12.4. The van der Waals surface area contributed by atoms with Crippen molar-refractivity contribution >= 4 is 18.0 Å². The van der Waals surface area contributed by atoms with Gasteiger partial charge in [0.05, 0.1) is 13.7 Å². The number of hydrogen-bond donors (Lipinski definition) is 0. The smallest absolute Gasteiger partial charge is 0.349 e. The average Bonchev–Trinajstić information content (AvgIpc) is 2.76. The number of esters is 2. The van der Waals surface area contributed by atoms with Crippen LogP contribution in [-0.4, -0.2) is 32.3 Å². The van der Waals surface area contributed by atoms with E-state index in [1.54, 1.807) is 19.1 Å². The molecule has 0 amide bonds. The Kier molecular flexibility index (Phi) is 8.63. The zero-order valence-electron chi connectivity index (χ0n) is 19.9. The van der Waals surface area contributed by atoms with Crippen molar-refractivity contribution in [1.82, 2.24) is 0 Å². The van der Waals surface area contributed by atoms with Crippen LogP contribution in [0, 0.1) is 18.3 Å². The molecule has 2 aromatic rings. The Morgan fingerprint density at radius 3 is 2.36 bits per heavy atom. The fraction of sp³-hybridized carbons (Fsp3) is 0.346. The number of carbonyl (C=O) groups is 2. The van der Waals surface area contributed by atoms with E-state index in [4.69, 9.17) is 18.9 Å². The van der Waals surface area contributed by atoms with Gasteiger partial charge < -0.3 is 18.9 Å². The second-order valence-electron chi connectivity index (χ2n) is 8.31. The normalized spacial score (nSPS) is 11.4. The van der Waals surface area contributed by atoms with E-state index in [1.807, 2.05) is 31.2 Å². The van der Waals surface area contributed by atoms with E-state index in [2.05, 4.69) is 20.8 Å². The minimum absolute atomic E-state index is 0.148. The lowest BCUT2D eigenvalue weighted by molar-refractivity contribution is -0.138. The minimum atomic E-state index is -0.711. The molecular weight excluding hydrogens is 422 g/mol. The summed E-state index contributed by atoms with van der Waals surface area (Å²) in [6, 6.07) is 12.3. The molecule has 0 radical (unpaired) electrons. The van der Waals surface area contributed by atoms with Crippen molar-refractivity contribution in [2.75, 3.05) is 20.3 Å². The maximum atomic E-state index is 12.4. The van der Waals surface area contributed by atoms with Gasteiger partial charge in [-0.05, 0) is 54.7 Å². The molecular formula is C26H29NO6. The third-order valence-corrected chi connectivity index (χ3v) is 4.63. The van der Waals surface area contributed by atoms with Gasteiger partial charge in [0.25, 0.3) is 0 Å². The van der Waals surface area contributed by atoms with Gasteiger partial charge in [0, 0.05) is 0 Å². The zero-order chi connectivity index (χ0) is 24.6. The van der Waals surface area contributed by atoms with Gasteiger partial charge in [-0.15, -0.1) is 0 Å². The Morgan fingerprint density at radius 2 is 1.76 bits per heavy atom. The van der Waals surface area contributed by atoms with Crippen LogP contribution < -0.4 is 14.2 Å². The molecule has 0 aliphatic heterocycles. The number of methoxy groups -OCH3 is 1. The van der Waals surface area contributed by atoms with E-state index in [1.165, 1.54) is 19.3 Å². The molecule has 0 saturated carbocycles. The van der Waals surface area contributed by atoms with Gasteiger partial charge in [-0.2, -0.15) is 5.26 Å². The van der Waals surface area contributed by atoms with Crippen molar-refractivity contribution in [3.8, 4) is 23.3 Å². The average molecular weight is 452 g/mol. The summed E-state index contributed by atoms with van der Waals surface area (Å²) in [6.45, 7) is 9.78. The second-order valence-corrected chi connectivity index (χ2v) is 8.31.